The number of ether oxygens (including phenoxy) is 4. The van der Waals surface area contributed by atoms with E-state index in [4.69, 9.17) is 18.9 Å². The van der Waals surface area contributed by atoms with Gasteiger partial charge in [0.1, 0.15) is 5.56 Å². The molecule has 26 heavy (non-hydrogen) atoms. The third-order valence-electron chi connectivity index (χ3n) is 3.68. The summed E-state index contributed by atoms with van der Waals surface area (Å²) in [5.41, 5.74) is 1.71. The maximum Gasteiger partial charge on any atom is 0.342 e. The van der Waals surface area contributed by atoms with Gasteiger partial charge in [-0.05, 0) is 30.7 Å². The number of amides is 1. The molecule has 138 valence electrons. The molecule has 0 unspecified atom stereocenters. The first-order valence-electron chi connectivity index (χ1n) is 7.83. The largest absolute Gasteiger partial charge is 0.493 e. The molecular formula is C19H21NO6. The van der Waals surface area contributed by atoms with Gasteiger partial charge >= 0.3 is 5.97 Å². The number of hydrogen-bond acceptors (Lipinski definition) is 6. The second-order valence-corrected chi connectivity index (χ2v) is 5.32. The Morgan fingerprint density at radius 1 is 0.923 bits per heavy atom. The van der Waals surface area contributed by atoms with Crippen LogP contribution in [0, 0.1) is 6.92 Å². The van der Waals surface area contributed by atoms with Gasteiger partial charge in [0, 0.05) is 5.69 Å². The molecule has 1 N–H and O–H groups in total. The number of hydrogen-bond donors (Lipinski definition) is 1. The van der Waals surface area contributed by atoms with Gasteiger partial charge in [0.25, 0.3) is 5.91 Å². The average molecular weight is 359 g/mol. The van der Waals surface area contributed by atoms with E-state index in [9.17, 15) is 9.59 Å². The van der Waals surface area contributed by atoms with Gasteiger partial charge in [-0.15, -0.1) is 0 Å². The van der Waals surface area contributed by atoms with E-state index in [1.54, 1.807) is 12.1 Å². The van der Waals surface area contributed by atoms with Crippen molar-refractivity contribution in [2.24, 2.45) is 0 Å². The summed E-state index contributed by atoms with van der Waals surface area (Å²) in [7, 11) is 4.31. The zero-order chi connectivity index (χ0) is 19.1. The van der Waals surface area contributed by atoms with E-state index in [2.05, 4.69) is 5.32 Å². The van der Waals surface area contributed by atoms with Crippen LogP contribution in [0.15, 0.2) is 36.4 Å². The van der Waals surface area contributed by atoms with Crippen molar-refractivity contribution in [3.63, 3.8) is 0 Å². The highest BCUT2D eigenvalue weighted by Crippen LogP contribution is 2.39. The second-order valence-electron chi connectivity index (χ2n) is 5.32. The summed E-state index contributed by atoms with van der Waals surface area (Å²) < 4.78 is 20.7. The highest BCUT2D eigenvalue weighted by Gasteiger charge is 2.22. The van der Waals surface area contributed by atoms with Crippen LogP contribution in [0.3, 0.4) is 0 Å². The van der Waals surface area contributed by atoms with Crippen LogP contribution in [-0.4, -0.2) is 39.8 Å². The smallest absolute Gasteiger partial charge is 0.342 e. The van der Waals surface area contributed by atoms with Gasteiger partial charge < -0.3 is 24.3 Å². The van der Waals surface area contributed by atoms with E-state index < -0.39 is 18.5 Å². The van der Waals surface area contributed by atoms with E-state index >= 15 is 0 Å². The highest BCUT2D eigenvalue weighted by molar-refractivity contribution is 5.97. The summed E-state index contributed by atoms with van der Waals surface area (Å²) >= 11 is 0. The molecule has 0 aliphatic heterocycles. The van der Waals surface area contributed by atoms with Gasteiger partial charge in [0.05, 0.1) is 21.3 Å². The Hall–Kier alpha value is -3.22. The number of esters is 1. The number of aryl methyl sites for hydroxylation is 1. The Morgan fingerprint density at radius 3 is 2.23 bits per heavy atom. The molecule has 7 nitrogen and oxygen atoms in total. The lowest BCUT2D eigenvalue weighted by molar-refractivity contribution is -0.119. The molecule has 0 heterocycles. The van der Waals surface area contributed by atoms with Crippen molar-refractivity contribution in [3.05, 3.63) is 47.5 Å². The van der Waals surface area contributed by atoms with Crippen molar-refractivity contribution < 1.29 is 28.5 Å². The molecule has 2 aromatic carbocycles. The fourth-order valence-electron chi connectivity index (χ4n) is 2.37. The van der Waals surface area contributed by atoms with Crippen LogP contribution in [0.25, 0.3) is 0 Å². The van der Waals surface area contributed by atoms with Crippen molar-refractivity contribution in [1.29, 1.82) is 0 Å². The number of anilines is 1. The minimum Gasteiger partial charge on any atom is -0.493 e. The van der Waals surface area contributed by atoms with Gasteiger partial charge in [-0.1, -0.05) is 18.2 Å². The van der Waals surface area contributed by atoms with Crippen LogP contribution in [0.2, 0.25) is 0 Å². The number of rotatable bonds is 7. The Labute approximate surface area is 151 Å². The predicted octanol–water partition coefficient (Wildman–Crippen LogP) is 2.82. The lowest BCUT2D eigenvalue weighted by atomic mass is 10.1. The number of methoxy groups -OCH3 is 3. The van der Waals surface area contributed by atoms with Gasteiger partial charge in [0.2, 0.25) is 5.75 Å². The minimum atomic E-state index is -0.706. The van der Waals surface area contributed by atoms with E-state index in [0.29, 0.717) is 11.4 Å². The fourth-order valence-corrected chi connectivity index (χ4v) is 2.37. The number of carbonyl (C=O) groups is 2. The molecule has 1 amide bonds. The zero-order valence-electron chi connectivity index (χ0n) is 15.1. The number of carbonyl (C=O) groups excluding carboxylic acids is 2. The summed E-state index contributed by atoms with van der Waals surface area (Å²) in [5.74, 6) is -0.280. The Bertz CT molecular complexity index is 803. The molecule has 7 heteroatoms. The van der Waals surface area contributed by atoms with Crippen LogP contribution < -0.4 is 19.5 Å². The fraction of sp³-hybridized carbons (Fsp3) is 0.263. The van der Waals surface area contributed by atoms with E-state index in [1.807, 2.05) is 25.1 Å². The molecule has 0 aromatic heterocycles. The number of para-hydroxylation sites is 1. The van der Waals surface area contributed by atoms with Crippen molar-refractivity contribution >= 4 is 17.6 Å². The van der Waals surface area contributed by atoms with Crippen LogP contribution in [0.5, 0.6) is 17.2 Å². The third-order valence-corrected chi connectivity index (χ3v) is 3.68. The summed E-state index contributed by atoms with van der Waals surface area (Å²) in [6, 6.07) is 10.4. The third kappa shape index (κ3) is 4.24. The molecule has 0 atom stereocenters. The van der Waals surface area contributed by atoms with Crippen molar-refractivity contribution in [3.8, 4) is 17.2 Å². The highest BCUT2D eigenvalue weighted by atomic mass is 16.5. The second kappa shape index (κ2) is 8.75. The SMILES string of the molecule is COc1ccc(C(=O)OCC(=O)Nc2ccccc2C)c(OC)c1OC. The van der Waals surface area contributed by atoms with Crippen molar-refractivity contribution in [2.45, 2.75) is 6.92 Å². The van der Waals surface area contributed by atoms with Crippen molar-refractivity contribution in [2.75, 3.05) is 33.3 Å². The van der Waals surface area contributed by atoms with Crippen molar-refractivity contribution in [1.82, 2.24) is 0 Å². The molecule has 0 aliphatic carbocycles. The van der Waals surface area contributed by atoms with Gasteiger partial charge in [-0.3, -0.25) is 4.79 Å². The quantitative estimate of drug-likeness (QED) is 0.766. The minimum absolute atomic E-state index is 0.133. The molecule has 0 bridgehead atoms. The first-order valence-corrected chi connectivity index (χ1v) is 7.83. The molecule has 0 aliphatic rings. The van der Waals surface area contributed by atoms with Gasteiger partial charge in [-0.2, -0.15) is 0 Å². The molecule has 0 radical (unpaired) electrons. The normalized spacial score (nSPS) is 10.0. The lowest BCUT2D eigenvalue weighted by Crippen LogP contribution is -2.21. The summed E-state index contributed by atoms with van der Waals surface area (Å²) in [5, 5.41) is 2.69. The first-order chi connectivity index (χ1) is 12.5. The van der Waals surface area contributed by atoms with Crippen LogP contribution in [0.4, 0.5) is 5.69 Å². The van der Waals surface area contributed by atoms with Gasteiger partial charge in [-0.25, -0.2) is 4.79 Å². The van der Waals surface area contributed by atoms with Gasteiger partial charge in [0.15, 0.2) is 18.1 Å². The predicted molar refractivity (Wildman–Crippen MR) is 96.2 cm³/mol. The zero-order valence-corrected chi connectivity index (χ0v) is 15.1. The maximum atomic E-state index is 12.3. The number of nitrogens with one attached hydrogen (secondary N) is 1. The summed E-state index contributed by atoms with van der Waals surface area (Å²) in [4.78, 5) is 24.4. The monoisotopic (exact) mass is 359 g/mol. The Kier molecular flexibility index (Phi) is 6.43. The van der Waals surface area contributed by atoms with E-state index in [-0.39, 0.29) is 17.1 Å². The molecule has 0 fully saturated rings. The topological polar surface area (TPSA) is 83.1 Å². The molecular weight excluding hydrogens is 338 g/mol. The molecule has 0 spiro atoms. The standard InChI is InChI=1S/C19H21NO6/c1-12-7-5-6-8-14(12)20-16(21)11-26-19(22)13-9-10-15(23-2)18(25-4)17(13)24-3/h5-10H,11H2,1-4H3,(H,20,21). The summed E-state index contributed by atoms with van der Waals surface area (Å²) in [6.45, 7) is 1.45. The Morgan fingerprint density at radius 2 is 1.62 bits per heavy atom. The molecule has 2 aromatic rings. The first kappa shape index (κ1) is 19.1. The molecule has 2 rings (SSSR count). The molecule has 0 saturated heterocycles. The van der Waals surface area contributed by atoms with Crippen LogP contribution in [-0.2, 0) is 9.53 Å². The maximum absolute atomic E-state index is 12.3. The number of benzene rings is 2. The Balaban J connectivity index is 2.08. The lowest BCUT2D eigenvalue weighted by Gasteiger charge is -2.15. The average Bonchev–Trinajstić information content (AvgIpc) is 2.66. The van der Waals surface area contributed by atoms with E-state index in [0.717, 1.165) is 5.56 Å². The van der Waals surface area contributed by atoms with Crippen LogP contribution in [0.1, 0.15) is 15.9 Å². The molecule has 0 saturated carbocycles. The summed E-state index contributed by atoms with van der Waals surface area (Å²) in [6.07, 6.45) is 0. The van der Waals surface area contributed by atoms with E-state index in [1.165, 1.54) is 27.4 Å². The van der Waals surface area contributed by atoms with Crippen LogP contribution >= 0.6 is 0 Å².